The second-order valence-electron chi connectivity index (χ2n) is 7.10. The monoisotopic (exact) mass is 380 g/mol. The maximum atomic E-state index is 12.0. The van der Waals surface area contributed by atoms with Crippen molar-refractivity contribution in [3.63, 3.8) is 0 Å². The Kier molecular flexibility index (Phi) is 18.2. The lowest BCUT2D eigenvalue weighted by Crippen LogP contribution is -2.18. The fourth-order valence-electron chi connectivity index (χ4n) is 2.78. The number of ether oxygens (including phenoxy) is 2. The van der Waals surface area contributed by atoms with E-state index in [-0.39, 0.29) is 18.4 Å². The zero-order valence-corrected chi connectivity index (χ0v) is 17.8. The molecule has 0 aromatic rings. The molecular weight excluding hydrogens is 340 g/mol. The predicted molar refractivity (Wildman–Crippen MR) is 110 cm³/mol. The molecule has 0 aliphatic carbocycles. The molecule has 0 rings (SSSR count). The van der Waals surface area contributed by atoms with Gasteiger partial charge >= 0.3 is 11.9 Å². The molecule has 0 saturated carbocycles. The Morgan fingerprint density at radius 2 is 1.37 bits per heavy atom. The van der Waals surface area contributed by atoms with Gasteiger partial charge in [-0.25, -0.2) is 0 Å². The molecule has 0 spiro atoms. The van der Waals surface area contributed by atoms with Crippen LogP contribution in [0.25, 0.3) is 0 Å². The summed E-state index contributed by atoms with van der Waals surface area (Å²) in [5.74, 6) is 5.66. The lowest BCUT2D eigenvalue weighted by atomic mass is 10.1. The molecule has 156 valence electrons. The first kappa shape index (κ1) is 25.5. The highest BCUT2D eigenvalue weighted by Gasteiger charge is 2.14. The molecule has 0 radical (unpaired) electrons. The second-order valence-corrected chi connectivity index (χ2v) is 7.10. The summed E-state index contributed by atoms with van der Waals surface area (Å²) in [7, 11) is 1.36. The topological polar surface area (TPSA) is 52.6 Å². The highest BCUT2D eigenvalue weighted by Crippen LogP contribution is 2.10. The number of carbonyl (C=O) groups excluding carboxylic acids is 2. The fraction of sp³-hybridized carbons (Fsp3) is 0.826. The van der Waals surface area contributed by atoms with E-state index < -0.39 is 6.10 Å². The maximum Gasteiger partial charge on any atom is 0.307 e. The highest BCUT2D eigenvalue weighted by molar-refractivity contribution is 5.70. The van der Waals surface area contributed by atoms with Gasteiger partial charge in [0.05, 0.1) is 7.11 Å². The van der Waals surface area contributed by atoms with Crippen LogP contribution in [0.1, 0.15) is 110 Å². The third kappa shape index (κ3) is 17.7. The van der Waals surface area contributed by atoms with Crippen molar-refractivity contribution < 1.29 is 19.1 Å². The van der Waals surface area contributed by atoms with Gasteiger partial charge in [0.25, 0.3) is 0 Å². The lowest BCUT2D eigenvalue weighted by molar-refractivity contribution is -0.149. The van der Waals surface area contributed by atoms with Crippen LogP contribution in [0.3, 0.4) is 0 Å². The van der Waals surface area contributed by atoms with Gasteiger partial charge in [-0.05, 0) is 12.8 Å². The van der Waals surface area contributed by atoms with E-state index in [0.29, 0.717) is 12.8 Å². The van der Waals surface area contributed by atoms with Crippen molar-refractivity contribution in [1.82, 2.24) is 0 Å². The molecule has 1 atom stereocenters. The third-order valence-corrected chi connectivity index (χ3v) is 4.51. The molecule has 0 N–H and O–H groups in total. The first-order valence-electron chi connectivity index (χ1n) is 10.9. The van der Waals surface area contributed by atoms with E-state index in [0.717, 1.165) is 32.1 Å². The quantitative estimate of drug-likeness (QED) is 0.188. The average Bonchev–Trinajstić information content (AvgIpc) is 2.67. The Bertz CT molecular complexity index is 433. The van der Waals surface area contributed by atoms with Gasteiger partial charge in [0, 0.05) is 25.7 Å². The second kappa shape index (κ2) is 19.3. The molecule has 0 saturated heterocycles. The molecule has 0 fully saturated rings. The summed E-state index contributed by atoms with van der Waals surface area (Å²) in [5, 5.41) is 0. The molecular formula is C23H40O4. The van der Waals surface area contributed by atoms with Crippen LogP contribution in [-0.4, -0.2) is 25.2 Å². The van der Waals surface area contributed by atoms with Crippen LogP contribution in [0.5, 0.6) is 0 Å². The number of carbonyl (C=O) groups is 2. The minimum absolute atomic E-state index is 0.213. The number of hydrogen-bond acceptors (Lipinski definition) is 4. The van der Waals surface area contributed by atoms with E-state index in [4.69, 9.17) is 4.74 Å². The Hall–Kier alpha value is -1.50. The van der Waals surface area contributed by atoms with Gasteiger partial charge in [-0.1, -0.05) is 83.5 Å². The lowest BCUT2D eigenvalue weighted by Gasteiger charge is -2.12. The summed E-state index contributed by atoms with van der Waals surface area (Å²) in [4.78, 5) is 23.4. The summed E-state index contributed by atoms with van der Waals surface area (Å²) in [6.45, 7) is 4.39. The van der Waals surface area contributed by atoms with Crippen LogP contribution in [0.4, 0.5) is 0 Å². The average molecular weight is 381 g/mol. The largest absolute Gasteiger partial charge is 0.469 e. The summed E-state index contributed by atoms with van der Waals surface area (Å²) in [5.41, 5.74) is 0. The normalized spacial score (nSPS) is 11.4. The first-order chi connectivity index (χ1) is 13.1. The Morgan fingerprint density at radius 3 is 2.00 bits per heavy atom. The van der Waals surface area contributed by atoms with Crippen LogP contribution in [0.15, 0.2) is 0 Å². The molecule has 0 aromatic heterocycles. The van der Waals surface area contributed by atoms with Gasteiger partial charge in [0.2, 0.25) is 0 Å². The standard InChI is InChI=1S/C23H40O4/c1-4-6-8-10-11-12-14-15-17-21(19-20-22(24)26-3)27-23(25)18-16-13-9-7-5-2/h21H,4-14,16,18-20H2,1-3H3/t21-/m0/s1. The number of methoxy groups -OCH3 is 1. The number of esters is 2. The van der Waals surface area contributed by atoms with Gasteiger partial charge in [0.1, 0.15) is 0 Å². The number of hydrogen-bond donors (Lipinski definition) is 0. The molecule has 4 nitrogen and oxygen atoms in total. The van der Waals surface area contributed by atoms with E-state index in [1.807, 2.05) is 0 Å². The van der Waals surface area contributed by atoms with E-state index in [1.54, 1.807) is 0 Å². The summed E-state index contributed by atoms with van der Waals surface area (Å²) in [6.07, 6.45) is 14.2. The van der Waals surface area contributed by atoms with E-state index in [2.05, 4.69) is 30.4 Å². The van der Waals surface area contributed by atoms with Crippen molar-refractivity contribution in [2.75, 3.05) is 7.11 Å². The Labute approximate surface area is 166 Å². The van der Waals surface area contributed by atoms with Crippen LogP contribution >= 0.6 is 0 Å². The Morgan fingerprint density at radius 1 is 0.778 bits per heavy atom. The smallest absolute Gasteiger partial charge is 0.307 e. The number of unbranched alkanes of at least 4 members (excludes halogenated alkanes) is 10. The van der Waals surface area contributed by atoms with Crippen LogP contribution < -0.4 is 0 Å². The van der Waals surface area contributed by atoms with E-state index in [1.165, 1.54) is 52.1 Å². The van der Waals surface area contributed by atoms with E-state index in [9.17, 15) is 9.59 Å². The SMILES string of the molecule is CCCCCCCCC#C[C@@H](CCC(=O)OC)OC(=O)CCCCCCC. The summed E-state index contributed by atoms with van der Waals surface area (Å²) in [6, 6.07) is 0. The van der Waals surface area contributed by atoms with Gasteiger partial charge in [-0.3, -0.25) is 9.59 Å². The molecule has 0 bridgehead atoms. The zero-order chi connectivity index (χ0) is 20.2. The minimum atomic E-state index is -0.507. The minimum Gasteiger partial charge on any atom is -0.469 e. The van der Waals surface area contributed by atoms with Crippen molar-refractivity contribution >= 4 is 11.9 Å². The molecule has 0 amide bonds. The van der Waals surface area contributed by atoms with Crippen molar-refractivity contribution in [3.05, 3.63) is 0 Å². The number of rotatable bonds is 16. The zero-order valence-electron chi connectivity index (χ0n) is 17.8. The van der Waals surface area contributed by atoms with Crippen LogP contribution in [0, 0.1) is 11.8 Å². The molecule has 0 aliphatic rings. The molecule has 0 aliphatic heterocycles. The predicted octanol–water partition coefficient (Wildman–Crippen LogP) is 5.97. The summed E-state index contributed by atoms with van der Waals surface area (Å²) >= 11 is 0. The van der Waals surface area contributed by atoms with Crippen molar-refractivity contribution in [1.29, 1.82) is 0 Å². The van der Waals surface area contributed by atoms with Crippen molar-refractivity contribution in [2.45, 2.75) is 116 Å². The first-order valence-corrected chi connectivity index (χ1v) is 10.9. The molecule has 0 unspecified atom stereocenters. The Balaban J connectivity index is 4.21. The van der Waals surface area contributed by atoms with E-state index >= 15 is 0 Å². The molecule has 0 aromatic carbocycles. The van der Waals surface area contributed by atoms with Gasteiger partial charge in [0.15, 0.2) is 6.10 Å². The van der Waals surface area contributed by atoms with Gasteiger partial charge in [-0.15, -0.1) is 0 Å². The van der Waals surface area contributed by atoms with Gasteiger partial charge in [-0.2, -0.15) is 0 Å². The van der Waals surface area contributed by atoms with Crippen LogP contribution in [-0.2, 0) is 19.1 Å². The van der Waals surface area contributed by atoms with Crippen molar-refractivity contribution in [3.8, 4) is 11.8 Å². The molecule has 4 heteroatoms. The molecule has 27 heavy (non-hydrogen) atoms. The third-order valence-electron chi connectivity index (χ3n) is 4.51. The van der Waals surface area contributed by atoms with Crippen molar-refractivity contribution in [2.24, 2.45) is 0 Å². The fourth-order valence-corrected chi connectivity index (χ4v) is 2.78. The van der Waals surface area contributed by atoms with Gasteiger partial charge < -0.3 is 9.47 Å². The van der Waals surface area contributed by atoms with Crippen LogP contribution in [0.2, 0.25) is 0 Å². The maximum absolute atomic E-state index is 12.0. The summed E-state index contributed by atoms with van der Waals surface area (Å²) < 4.78 is 10.2. The highest BCUT2D eigenvalue weighted by atomic mass is 16.5. The molecule has 0 heterocycles.